The second-order valence-corrected chi connectivity index (χ2v) is 7.38. The lowest BCUT2D eigenvalue weighted by molar-refractivity contribution is -0.124. The van der Waals surface area contributed by atoms with E-state index in [1.54, 1.807) is 31.4 Å². The minimum Gasteiger partial charge on any atom is -0.493 e. The molecule has 1 amide bonds. The maximum atomic E-state index is 13.2. The lowest BCUT2D eigenvalue weighted by atomic mass is 9.85. The zero-order valence-electron chi connectivity index (χ0n) is 15.7. The number of hydrogen-bond acceptors (Lipinski definition) is 3. The largest absolute Gasteiger partial charge is 0.493 e. The van der Waals surface area contributed by atoms with E-state index in [1.165, 1.54) is 12.1 Å². The van der Waals surface area contributed by atoms with Crippen LogP contribution in [-0.4, -0.2) is 19.6 Å². The first kappa shape index (κ1) is 19.8. The Labute approximate surface area is 154 Å². The van der Waals surface area contributed by atoms with Crippen LogP contribution in [0.3, 0.4) is 0 Å². The Morgan fingerprint density at radius 1 is 1.08 bits per heavy atom. The first-order valence-electron chi connectivity index (χ1n) is 8.59. The summed E-state index contributed by atoms with van der Waals surface area (Å²) < 4.78 is 24.0. The predicted octanol–water partition coefficient (Wildman–Crippen LogP) is 4.51. The smallest absolute Gasteiger partial charge is 0.258 e. The van der Waals surface area contributed by atoms with Crippen LogP contribution >= 0.6 is 0 Å². The van der Waals surface area contributed by atoms with Crippen LogP contribution in [0.5, 0.6) is 11.5 Å². The molecule has 0 radical (unpaired) electrons. The van der Waals surface area contributed by atoms with Gasteiger partial charge in [-0.15, -0.1) is 0 Å². The van der Waals surface area contributed by atoms with Crippen LogP contribution in [-0.2, 0) is 4.79 Å². The standard InChI is InChI=1S/C21H26FNO3/c1-21(2,3)13-17(15-9-11-16(22)12-10-15)23-20(24)14-26-19-8-6-5-7-18(19)25-4/h5-12,17H,13-14H2,1-4H3,(H,23,24). The Morgan fingerprint density at radius 2 is 1.69 bits per heavy atom. The van der Waals surface area contributed by atoms with Gasteiger partial charge in [-0.3, -0.25) is 4.79 Å². The number of rotatable bonds is 7. The van der Waals surface area contributed by atoms with Crippen molar-refractivity contribution < 1.29 is 18.7 Å². The molecule has 5 heteroatoms. The summed E-state index contributed by atoms with van der Waals surface area (Å²) in [6.07, 6.45) is 0.721. The van der Waals surface area contributed by atoms with Gasteiger partial charge in [-0.1, -0.05) is 45.0 Å². The molecule has 0 spiro atoms. The summed E-state index contributed by atoms with van der Waals surface area (Å²) >= 11 is 0. The second kappa shape index (κ2) is 8.70. The fourth-order valence-corrected chi connectivity index (χ4v) is 2.68. The van der Waals surface area contributed by atoms with Gasteiger partial charge in [0.2, 0.25) is 0 Å². The molecule has 0 saturated heterocycles. The first-order valence-corrected chi connectivity index (χ1v) is 8.59. The third-order valence-corrected chi connectivity index (χ3v) is 3.85. The Bertz CT molecular complexity index is 723. The van der Waals surface area contributed by atoms with E-state index in [0.29, 0.717) is 11.5 Å². The zero-order chi connectivity index (χ0) is 19.2. The summed E-state index contributed by atoms with van der Waals surface area (Å²) in [5.41, 5.74) is 0.863. The summed E-state index contributed by atoms with van der Waals surface area (Å²) in [6, 6.07) is 13.2. The van der Waals surface area contributed by atoms with Crippen LogP contribution in [0.15, 0.2) is 48.5 Å². The van der Waals surface area contributed by atoms with E-state index in [2.05, 4.69) is 26.1 Å². The monoisotopic (exact) mass is 359 g/mol. The van der Waals surface area contributed by atoms with Crippen LogP contribution in [0.25, 0.3) is 0 Å². The molecule has 2 aromatic carbocycles. The molecular weight excluding hydrogens is 333 g/mol. The topological polar surface area (TPSA) is 47.6 Å². The molecule has 0 aliphatic heterocycles. The van der Waals surface area contributed by atoms with Gasteiger partial charge in [0.1, 0.15) is 5.82 Å². The van der Waals surface area contributed by atoms with Gasteiger partial charge in [0.25, 0.3) is 5.91 Å². The highest BCUT2D eigenvalue weighted by atomic mass is 19.1. The van der Waals surface area contributed by atoms with E-state index in [4.69, 9.17) is 9.47 Å². The molecular formula is C21H26FNO3. The Balaban J connectivity index is 2.04. The van der Waals surface area contributed by atoms with Gasteiger partial charge in [0.05, 0.1) is 13.2 Å². The number of carbonyl (C=O) groups excluding carboxylic acids is 1. The maximum Gasteiger partial charge on any atom is 0.258 e. The molecule has 2 rings (SSSR count). The van der Waals surface area contributed by atoms with E-state index < -0.39 is 0 Å². The molecule has 1 unspecified atom stereocenters. The van der Waals surface area contributed by atoms with Crippen molar-refractivity contribution in [3.05, 3.63) is 59.9 Å². The molecule has 0 aliphatic carbocycles. The number of amides is 1. The van der Waals surface area contributed by atoms with Crippen LogP contribution < -0.4 is 14.8 Å². The van der Waals surface area contributed by atoms with Gasteiger partial charge in [-0.25, -0.2) is 4.39 Å². The van der Waals surface area contributed by atoms with Gasteiger partial charge >= 0.3 is 0 Å². The third kappa shape index (κ3) is 6.06. The summed E-state index contributed by atoms with van der Waals surface area (Å²) in [7, 11) is 1.55. The van der Waals surface area contributed by atoms with E-state index in [1.807, 2.05) is 12.1 Å². The van der Waals surface area contributed by atoms with E-state index in [9.17, 15) is 9.18 Å². The molecule has 0 bridgehead atoms. The second-order valence-electron chi connectivity index (χ2n) is 7.38. The summed E-state index contributed by atoms with van der Waals surface area (Å²) in [4.78, 5) is 12.4. The number of ether oxygens (including phenoxy) is 2. The highest BCUT2D eigenvalue weighted by Gasteiger charge is 2.22. The maximum absolute atomic E-state index is 13.2. The highest BCUT2D eigenvalue weighted by Crippen LogP contribution is 2.30. The fraction of sp³-hybridized carbons (Fsp3) is 0.381. The average Bonchev–Trinajstić information content (AvgIpc) is 2.59. The molecule has 0 aliphatic rings. The highest BCUT2D eigenvalue weighted by molar-refractivity contribution is 5.78. The molecule has 0 aromatic heterocycles. The van der Waals surface area contributed by atoms with Crippen LogP contribution in [0.4, 0.5) is 4.39 Å². The summed E-state index contributed by atoms with van der Waals surface area (Å²) in [5, 5.41) is 2.99. The van der Waals surface area contributed by atoms with Crippen molar-refractivity contribution >= 4 is 5.91 Å². The van der Waals surface area contributed by atoms with Crippen molar-refractivity contribution in [2.24, 2.45) is 5.41 Å². The molecule has 1 N–H and O–H groups in total. The summed E-state index contributed by atoms with van der Waals surface area (Å²) in [6.45, 7) is 6.17. The van der Waals surface area contributed by atoms with Crippen molar-refractivity contribution in [2.75, 3.05) is 13.7 Å². The number of nitrogens with one attached hydrogen (secondary N) is 1. The zero-order valence-corrected chi connectivity index (χ0v) is 15.7. The Hall–Kier alpha value is -2.56. The van der Waals surface area contributed by atoms with Gasteiger partial charge in [0, 0.05) is 0 Å². The quantitative estimate of drug-likeness (QED) is 0.791. The van der Waals surface area contributed by atoms with Gasteiger partial charge < -0.3 is 14.8 Å². The third-order valence-electron chi connectivity index (χ3n) is 3.85. The molecule has 0 heterocycles. The van der Waals surface area contributed by atoms with Crippen molar-refractivity contribution in [3.8, 4) is 11.5 Å². The van der Waals surface area contributed by atoms with E-state index >= 15 is 0 Å². The summed E-state index contributed by atoms with van der Waals surface area (Å²) in [5.74, 6) is 0.549. The van der Waals surface area contributed by atoms with Crippen LogP contribution in [0, 0.1) is 11.2 Å². The fourth-order valence-electron chi connectivity index (χ4n) is 2.68. The van der Waals surface area contributed by atoms with Crippen molar-refractivity contribution in [1.29, 1.82) is 0 Å². The molecule has 2 aromatic rings. The minimum atomic E-state index is -0.297. The van der Waals surface area contributed by atoms with Gasteiger partial charge in [-0.2, -0.15) is 0 Å². The SMILES string of the molecule is COc1ccccc1OCC(=O)NC(CC(C)(C)C)c1ccc(F)cc1. The number of methoxy groups -OCH3 is 1. The molecule has 0 fully saturated rings. The number of para-hydroxylation sites is 2. The lowest BCUT2D eigenvalue weighted by Gasteiger charge is -2.27. The number of halogens is 1. The Kier molecular flexibility index (Phi) is 6.61. The Morgan fingerprint density at radius 3 is 2.27 bits per heavy atom. The minimum absolute atomic E-state index is 0.00413. The molecule has 26 heavy (non-hydrogen) atoms. The van der Waals surface area contributed by atoms with Crippen LogP contribution in [0.1, 0.15) is 38.8 Å². The predicted molar refractivity (Wildman–Crippen MR) is 99.8 cm³/mol. The van der Waals surface area contributed by atoms with E-state index in [0.717, 1.165) is 12.0 Å². The van der Waals surface area contributed by atoms with Crippen molar-refractivity contribution in [2.45, 2.75) is 33.2 Å². The van der Waals surface area contributed by atoms with Crippen molar-refractivity contribution in [3.63, 3.8) is 0 Å². The normalized spacial score (nSPS) is 12.3. The molecule has 4 nitrogen and oxygen atoms in total. The lowest BCUT2D eigenvalue weighted by Crippen LogP contribution is -2.34. The number of benzene rings is 2. The van der Waals surface area contributed by atoms with Gasteiger partial charge in [-0.05, 0) is 41.7 Å². The molecule has 0 saturated carbocycles. The average molecular weight is 359 g/mol. The first-order chi connectivity index (χ1) is 12.3. The van der Waals surface area contributed by atoms with Crippen LogP contribution in [0.2, 0.25) is 0 Å². The van der Waals surface area contributed by atoms with Gasteiger partial charge in [0.15, 0.2) is 18.1 Å². The van der Waals surface area contributed by atoms with E-state index in [-0.39, 0.29) is 29.8 Å². The number of hydrogen-bond donors (Lipinski definition) is 1. The number of carbonyl (C=O) groups is 1. The van der Waals surface area contributed by atoms with Crippen molar-refractivity contribution in [1.82, 2.24) is 5.32 Å². The molecule has 1 atom stereocenters. The molecule has 140 valence electrons.